The van der Waals surface area contributed by atoms with Crippen LogP contribution in [0.15, 0.2) is 0 Å². The molecule has 0 spiro atoms. The van der Waals surface area contributed by atoms with Crippen LogP contribution in [0.5, 0.6) is 0 Å². The summed E-state index contributed by atoms with van der Waals surface area (Å²) in [5.74, 6) is 5.86. The summed E-state index contributed by atoms with van der Waals surface area (Å²) in [4.78, 5) is 0. The van der Waals surface area contributed by atoms with Gasteiger partial charge in [-0.15, -0.1) is 9.24 Å². The molecule has 0 amide bonds. The molecule has 0 aromatic rings. The Labute approximate surface area is 142 Å². The summed E-state index contributed by atoms with van der Waals surface area (Å²) in [7, 11) is 3.02. The molecule has 0 bridgehead atoms. The van der Waals surface area contributed by atoms with E-state index in [4.69, 9.17) is 0 Å². The van der Waals surface area contributed by atoms with Gasteiger partial charge in [-0.05, 0) is 79.2 Å². The van der Waals surface area contributed by atoms with Crippen molar-refractivity contribution in [1.29, 1.82) is 0 Å². The monoisotopic (exact) mass is 324 g/mol. The zero-order valence-electron chi connectivity index (χ0n) is 15.9. The fraction of sp³-hybridized carbons (Fsp3) is 1.00. The van der Waals surface area contributed by atoms with Gasteiger partial charge in [0, 0.05) is 0 Å². The predicted molar refractivity (Wildman–Crippen MR) is 103 cm³/mol. The average Bonchev–Trinajstić information content (AvgIpc) is 2.92. The summed E-state index contributed by atoms with van der Waals surface area (Å²) < 4.78 is 0. The zero-order valence-corrected chi connectivity index (χ0v) is 17.1. The van der Waals surface area contributed by atoms with Gasteiger partial charge in [0.2, 0.25) is 0 Å². The fourth-order valence-corrected chi connectivity index (χ4v) is 6.47. The minimum atomic E-state index is 0.634. The molecular weight excluding hydrogens is 283 g/mol. The molecule has 0 aromatic carbocycles. The second kappa shape index (κ2) is 8.00. The average molecular weight is 325 g/mol. The van der Waals surface area contributed by atoms with Gasteiger partial charge >= 0.3 is 0 Å². The van der Waals surface area contributed by atoms with Gasteiger partial charge in [0.1, 0.15) is 0 Å². The first-order valence-corrected chi connectivity index (χ1v) is 10.8. The summed E-state index contributed by atoms with van der Waals surface area (Å²) in [6.45, 7) is 12.4. The summed E-state index contributed by atoms with van der Waals surface area (Å²) in [6.07, 6.45) is 13.1. The highest BCUT2D eigenvalue weighted by molar-refractivity contribution is 7.16. The highest BCUT2D eigenvalue weighted by Crippen LogP contribution is 2.46. The molecule has 2 fully saturated rings. The van der Waals surface area contributed by atoms with Gasteiger partial charge in [-0.1, -0.05) is 53.9 Å². The SMILES string of the molecule is CC(CCC1CCC(C)(C)C1)CCC1C(C)CC(C)C1CP. The maximum atomic E-state index is 3.02. The number of rotatable bonds is 7. The van der Waals surface area contributed by atoms with E-state index < -0.39 is 0 Å². The fourth-order valence-electron chi connectivity index (χ4n) is 5.65. The quantitative estimate of drug-likeness (QED) is 0.452. The minimum Gasteiger partial charge on any atom is -0.137 e. The second-order valence-corrected chi connectivity index (χ2v) is 10.3. The molecule has 2 aliphatic rings. The van der Waals surface area contributed by atoms with E-state index in [9.17, 15) is 0 Å². The van der Waals surface area contributed by atoms with Crippen molar-refractivity contribution in [3.8, 4) is 0 Å². The van der Waals surface area contributed by atoms with E-state index in [1.165, 1.54) is 57.5 Å². The maximum absolute atomic E-state index is 3.02. The topological polar surface area (TPSA) is 0 Å². The summed E-state index contributed by atoms with van der Waals surface area (Å²) in [5.41, 5.74) is 0.634. The highest BCUT2D eigenvalue weighted by Gasteiger charge is 2.37. The molecule has 2 aliphatic carbocycles. The lowest BCUT2D eigenvalue weighted by Crippen LogP contribution is -2.18. The molecule has 0 saturated heterocycles. The van der Waals surface area contributed by atoms with Crippen molar-refractivity contribution >= 4 is 9.24 Å². The first-order chi connectivity index (χ1) is 10.3. The largest absolute Gasteiger partial charge is 0.137 e. The molecule has 2 rings (SSSR count). The van der Waals surface area contributed by atoms with Gasteiger partial charge in [-0.3, -0.25) is 0 Å². The Morgan fingerprint density at radius 2 is 1.68 bits per heavy atom. The Balaban J connectivity index is 1.68. The van der Waals surface area contributed by atoms with E-state index in [-0.39, 0.29) is 0 Å². The van der Waals surface area contributed by atoms with Crippen molar-refractivity contribution in [3.63, 3.8) is 0 Å². The minimum absolute atomic E-state index is 0.634. The van der Waals surface area contributed by atoms with Crippen molar-refractivity contribution in [2.24, 2.45) is 40.9 Å². The Kier molecular flexibility index (Phi) is 6.83. The van der Waals surface area contributed by atoms with Crippen molar-refractivity contribution in [1.82, 2.24) is 0 Å². The Hall–Kier alpha value is 0.430. The van der Waals surface area contributed by atoms with Gasteiger partial charge in [-0.2, -0.15) is 0 Å². The van der Waals surface area contributed by atoms with Crippen LogP contribution in [0.25, 0.3) is 0 Å². The lowest BCUT2D eigenvalue weighted by molar-refractivity contribution is 0.272. The molecule has 0 nitrogen and oxygen atoms in total. The molecule has 0 radical (unpaired) electrons. The van der Waals surface area contributed by atoms with Crippen LogP contribution in [0.3, 0.4) is 0 Å². The van der Waals surface area contributed by atoms with Gasteiger partial charge < -0.3 is 0 Å². The third-order valence-corrected chi connectivity index (χ3v) is 7.70. The first-order valence-electron chi connectivity index (χ1n) is 10.0. The van der Waals surface area contributed by atoms with Crippen LogP contribution in [0, 0.1) is 40.9 Å². The molecule has 2 saturated carbocycles. The molecule has 7 unspecified atom stereocenters. The van der Waals surface area contributed by atoms with Gasteiger partial charge in [0.15, 0.2) is 0 Å². The molecule has 1 heteroatoms. The van der Waals surface area contributed by atoms with E-state index >= 15 is 0 Å². The van der Waals surface area contributed by atoms with Crippen LogP contribution in [0.4, 0.5) is 0 Å². The van der Waals surface area contributed by atoms with Crippen LogP contribution < -0.4 is 0 Å². The third-order valence-electron chi connectivity index (χ3n) is 7.16. The lowest BCUT2D eigenvalue weighted by Gasteiger charge is -2.25. The van der Waals surface area contributed by atoms with Crippen molar-refractivity contribution in [2.75, 3.05) is 6.16 Å². The zero-order chi connectivity index (χ0) is 16.3. The molecule has 0 aromatic heterocycles. The summed E-state index contributed by atoms with van der Waals surface area (Å²) >= 11 is 0. The number of hydrogen-bond donors (Lipinski definition) is 0. The van der Waals surface area contributed by atoms with Crippen LogP contribution in [0.1, 0.15) is 86.0 Å². The third kappa shape index (κ3) is 4.96. The summed E-state index contributed by atoms with van der Waals surface area (Å²) in [6, 6.07) is 0. The Morgan fingerprint density at radius 1 is 1.05 bits per heavy atom. The molecule has 22 heavy (non-hydrogen) atoms. The van der Waals surface area contributed by atoms with Crippen LogP contribution in [0.2, 0.25) is 0 Å². The highest BCUT2D eigenvalue weighted by atomic mass is 31.0. The second-order valence-electron chi connectivity index (χ2n) is 9.79. The number of hydrogen-bond acceptors (Lipinski definition) is 0. The molecule has 7 atom stereocenters. The van der Waals surface area contributed by atoms with E-state index in [2.05, 4.69) is 43.9 Å². The summed E-state index contributed by atoms with van der Waals surface area (Å²) in [5, 5.41) is 0. The normalized spacial score (nSPS) is 39.3. The standard InChI is InChI=1S/C21H41P/c1-15(6-8-18-10-11-21(4,5)13-18)7-9-19-16(2)12-17(3)20(19)14-22/h15-20H,6-14,22H2,1-5H3. The van der Waals surface area contributed by atoms with Crippen LogP contribution in [-0.2, 0) is 0 Å². The van der Waals surface area contributed by atoms with E-state index in [1.54, 1.807) is 0 Å². The molecular formula is C21H41P. The van der Waals surface area contributed by atoms with E-state index in [1.807, 2.05) is 0 Å². The first kappa shape index (κ1) is 18.8. The van der Waals surface area contributed by atoms with Gasteiger partial charge in [0.25, 0.3) is 0 Å². The maximum Gasteiger partial charge on any atom is -0.0323 e. The Morgan fingerprint density at radius 3 is 2.27 bits per heavy atom. The van der Waals surface area contributed by atoms with Crippen molar-refractivity contribution in [3.05, 3.63) is 0 Å². The van der Waals surface area contributed by atoms with Gasteiger partial charge in [0.05, 0.1) is 0 Å². The lowest BCUT2D eigenvalue weighted by atomic mass is 9.82. The van der Waals surface area contributed by atoms with Gasteiger partial charge in [-0.25, -0.2) is 0 Å². The molecule has 130 valence electrons. The predicted octanol–water partition coefficient (Wildman–Crippen LogP) is 6.79. The smallest absolute Gasteiger partial charge is 0.0323 e. The van der Waals surface area contributed by atoms with Crippen molar-refractivity contribution < 1.29 is 0 Å². The van der Waals surface area contributed by atoms with Crippen LogP contribution in [-0.4, -0.2) is 6.16 Å². The van der Waals surface area contributed by atoms with Crippen molar-refractivity contribution in [2.45, 2.75) is 86.0 Å². The van der Waals surface area contributed by atoms with Crippen LogP contribution >= 0.6 is 9.24 Å². The molecule has 0 N–H and O–H groups in total. The van der Waals surface area contributed by atoms with E-state index in [0.29, 0.717) is 5.41 Å². The van der Waals surface area contributed by atoms with E-state index in [0.717, 1.165) is 35.5 Å². The molecule has 0 heterocycles. The Bertz CT molecular complexity index is 335. The molecule has 0 aliphatic heterocycles.